The minimum Gasteiger partial charge on any atom is -0.463 e. The van der Waals surface area contributed by atoms with Gasteiger partial charge in [-0.15, -0.1) is 0 Å². The number of hydrogen-bond acceptors (Lipinski definition) is 5. The van der Waals surface area contributed by atoms with Crippen LogP contribution in [0.2, 0.25) is 0 Å². The summed E-state index contributed by atoms with van der Waals surface area (Å²) in [5, 5.41) is 32.7. The van der Waals surface area contributed by atoms with Crippen LogP contribution in [0.4, 0.5) is 0 Å². The Morgan fingerprint density at radius 2 is 1.71 bits per heavy atom. The second-order valence-electron chi connectivity index (χ2n) is 14.8. The first kappa shape index (κ1) is 25.7. The zero-order valence-corrected chi connectivity index (χ0v) is 23.0. The molecule has 5 nitrogen and oxygen atoms in total. The molecule has 198 valence electrons. The first-order valence-electron chi connectivity index (χ1n) is 14.0. The number of hydrogen-bond donors (Lipinski definition) is 3. The summed E-state index contributed by atoms with van der Waals surface area (Å²) in [5.74, 6) is 0.752. The van der Waals surface area contributed by atoms with Gasteiger partial charge in [-0.1, -0.05) is 46.3 Å². The molecule has 4 aliphatic carbocycles. The first-order valence-corrected chi connectivity index (χ1v) is 14.0. The van der Waals surface area contributed by atoms with E-state index in [9.17, 15) is 20.1 Å². The van der Waals surface area contributed by atoms with Crippen LogP contribution in [0.5, 0.6) is 0 Å². The van der Waals surface area contributed by atoms with Crippen LogP contribution in [0.25, 0.3) is 0 Å². The second kappa shape index (κ2) is 7.57. The lowest BCUT2D eigenvalue weighted by molar-refractivity contribution is -0.215. The minimum absolute atomic E-state index is 0.0452. The predicted molar refractivity (Wildman–Crippen MR) is 135 cm³/mol. The zero-order valence-electron chi connectivity index (χ0n) is 23.0. The Hall–Kier alpha value is -0.910. The summed E-state index contributed by atoms with van der Waals surface area (Å²) in [6, 6.07) is 0. The summed E-state index contributed by atoms with van der Waals surface area (Å²) >= 11 is 0. The van der Waals surface area contributed by atoms with Crippen LogP contribution in [0.3, 0.4) is 0 Å². The molecular weight excluding hydrogens is 440 g/mol. The van der Waals surface area contributed by atoms with Crippen molar-refractivity contribution in [3.8, 4) is 0 Å². The predicted octanol–water partition coefficient (Wildman–Crippen LogP) is 5.02. The van der Waals surface area contributed by atoms with Gasteiger partial charge in [0.05, 0.1) is 18.3 Å². The maximum Gasteiger partial charge on any atom is 0.341 e. The van der Waals surface area contributed by atoms with Gasteiger partial charge in [0.1, 0.15) is 0 Å². The highest BCUT2D eigenvalue weighted by Crippen LogP contribution is 2.73. The van der Waals surface area contributed by atoms with E-state index >= 15 is 0 Å². The van der Waals surface area contributed by atoms with Gasteiger partial charge < -0.3 is 20.1 Å². The van der Waals surface area contributed by atoms with Crippen LogP contribution in [0.1, 0.15) is 99.8 Å². The Kier molecular flexibility index (Phi) is 5.56. The van der Waals surface area contributed by atoms with Gasteiger partial charge in [-0.25, -0.2) is 4.79 Å². The van der Waals surface area contributed by atoms with Crippen LogP contribution < -0.4 is 0 Å². The maximum absolute atomic E-state index is 12.5. The normalized spacial score (nSPS) is 51.5. The van der Waals surface area contributed by atoms with Crippen molar-refractivity contribution in [3.05, 3.63) is 11.6 Å². The number of allylic oxidation sites excluding steroid dienone is 2. The fourth-order valence-corrected chi connectivity index (χ4v) is 10.1. The monoisotopic (exact) mass is 488 g/mol. The molecule has 0 aromatic carbocycles. The lowest BCUT2D eigenvalue weighted by atomic mass is 9.41. The SMILES string of the molecule is CC1(C)[C@H](O)CC[C@]2(C)[C@H]3CC[C@@]4(C)[C@H]([C@@H]5COC(=O)[C@@](O)(C(C)(C)O)C5)CC[C@]4(C)C3=CC[C@@H]12. The number of ether oxygens (including phenoxy) is 1. The number of fused-ring (bicyclic) bond motifs is 5. The molecule has 0 bridgehead atoms. The molecular formula is C30H48O5. The Morgan fingerprint density at radius 1 is 1.03 bits per heavy atom. The highest BCUT2D eigenvalue weighted by Gasteiger charge is 2.67. The quantitative estimate of drug-likeness (QED) is 0.375. The van der Waals surface area contributed by atoms with Gasteiger partial charge >= 0.3 is 5.97 Å². The van der Waals surface area contributed by atoms with Crippen molar-refractivity contribution in [2.75, 3.05) is 6.61 Å². The van der Waals surface area contributed by atoms with E-state index in [4.69, 9.17) is 4.74 Å². The van der Waals surface area contributed by atoms with E-state index in [1.807, 2.05) is 0 Å². The first-order chi connectivity index (χ1) is 16.0. The van der Waals surface area contributed by atoms with Crippen molar-refractivity contribution in [2.45, 2.75) is 117 Å². The average Bonchev–Trinajstić information content (AvgIpc) is 3.04. The molecule has 5 rings (SSSR count). The summed E-state index contributed by atoms with van der Waals surface area (Å²) in [4.78, 5) is 12.5. The van der Waals surface area contributed by atoms with E-state index in [1.54, 1.807) is 5.57 Å². The van der Waals surface area contributed by atoms with Gasteiger partial charge in [0.15, 0.2) is 5.60 Å². The van der Waals surface area contributed by atoms with E-state index in [2.05, 4.69) is 40.7 Å². The number of aliphatic hydroxyl groups excluding tert-OH is 1. The molecule has 35 heavy (non-hydrogen) atoms. The molecule has 4 fully saturated rings. The number of esters is 1. The largest absolute Gasteiger partial charge is 0.463 e. The molecule has 9 atom stereocenters. The minimum atomic E-state index is -1.86. The highest BCUT2D eigenvalue weighted by atomic mass is 16.6. The number of rotatable bonds is 2. The molecule has 1 aliphatic heterocycles. The third kappa shape index (κ3) is 3.19. The highest BCUT2D eigenvalue weighted by molar-refractivity contribution is 5.81. The van der Waals surface area contributed by atoms with Crippen LogP contribution in [0, 0.1) is 45.3 Å². The number of aliphatic hydroxyl groups is 3. The number of carbonyl (C=O) groups is 1. The van der Waals surface area contributed by atoms with E-state index in [-0.39, 0.29) is 40.1 Å². The smallest absolute Gasteiger partial charge is 0.341 e. The maximum atomic E-state index is 12.5. The molecule has 3 saturated carbocycles. The summed E-state index contributed by atoms with van der Waals surface area (Å²) in [6.45, 7) is 15.3. The summed E-state index contributed by atoms with van der Waals surface area (Å²) in [7, 11) is 0. The average molecular weight is 489 g/mol. The summed E-state index contributed by atoms with van der Waals surface area (Å²) in [6.07, 6.45) is 10.1. The number of cyclic esters (lactones) is 1. The van der Waals surface area contributed by atoms with E-state index < -0.39 is 17.2 Å². The standard InChI is InChI=1S/C30H48O5/c1-25(2)22-9-8-21-20(27(22,5)13-12-23(25)31)11-15-28(6)19(10-14-29(21,28)7)18-16-30(34,26(3,4)33)24(32)35-17-18/h8,18-20,22-23,31,33-34H,9-17H2,1-7H3/t18-,19-,20-,22-,23+,27+,28-,29+,30+/m0/s1. The molecule has 0 aromatic heterocycles. The van der Waals surface area contributed by atoms with Crippen molar-refractivity contribution in [1.29, 1.82) is 0 Å². The molecule has 5 aliphatic rings. The van der Waals surface area contributed by atoms with Crippen molar-refractivity contribution < 1.29 is 24.9 Å². The Bertz CT molecular complexity index is 932. The van der Waals surface area contributed by atoms with Crippen LogP contribution in [-0.4, -0.2) is 45.2 Å². The lowest BCUT2D eigenvalue weighted by Gasteiger charge is -2.64. The van der Waals surface area contributed by atoms with Crippen LogP contribution in [-0.2, 0) is 9.53 Å². The third-order valence-corrected chi connectivity index (χ3v) is 12.8. The molecule has 0 radical (unpaired) electrons. The summed E-state index contributed by atoms with van der Waals surface area (Å²) in [5.41, 5.74) is -1.46. The van der Waals surface area contributed by atoms with Crippen LogP contribution >= 0.6 is 0 Å². The lowest BCUT2D eigenvalue weighted by Crippen LogP contribution is -2.62. The van der Waals surface area contributed by atoms with Gasteiger partial charge in [0.2, 0.25) is 0 Å². The Balaban J connectivity index is 1.47. The molecule has 0 spiro atoms. The molecule has 0 amide bonds. The fraction of sp³-hybridized carbons (Fsp3) is 0.900. The van der Waals surface area contributed by atoms with Gasteiger partial charge in [0, 0.05) is 0 Å². The molecule has 0 aromatic rings. The summed E-state index contributed by atoms with van der Waals surface area (Å²) < 4.78 is 5.54. The number of carbonyl (C=O) groups excluding carboxylic acids is 1. The molecule has 1 heterocycles. The molecule has 0 unspecified atom stereocenters. The second-order valence-corrected chi connectivity index (χ2v) is 14.8. The van der Waals surface area contributed by atoms with Crippen molar-refractivity contribution in [2.24, 2.45) is 45.3 Å². The van der Waals surface area contributed by atoms with Crippen molar-refractivity contribution >= 4 is 5.97 Å². The van der Waals surface area contributed by atoms with E-state index in [0.717, 1.165) is 44.9 Å². The molecule has 3 N–H and O–H groups in total. The van der Waals surface area contributed by atoms with Crippen LogP contribution in [0.15, 0.2) is 11.6 Å². The van der Waals surface area contributed by atoms with Gasteiger partial charge in [-0.2, -0.15) is 0 Å². The topological polar surface area (TPSA) is 87.0 Å². The fourth-order valence-electron chi connectivity index (χ4n) is 10.1. The Labute approximate surface area is 211 Å². The van der Waals surface area contributed by atoms with E-state index in [0.29, 0.717) is 24.4 Å². The molecule has 1 saturated heterocycles. The Morgan fingerprint density at radius 3 is 2.37 bits per heavy atom. The molecule has 5 heteroatoms. The van der Waals surface area contributed by atoms with Gasteiger partial charge in [-0.05, 0) is 111 Å². The zero-order chi connectivity index (χ0) is 25.8. The third-order valence-electron chi connectivity index (χ3n) is 12.8. The van der Waals surface area contributed by atoms with Gasteiger partial charge in [-0.3, -0.25) is 0 Å². The van der Waals surface area contributed by atoms with Crippen molar-refractivity contribution in [1.82, 2.24) is 0 Å². The van der Waals surface area contributed by atoms with Crippen molar-refractivity contribution in [3.63, 3.8) is 0 Å². The van der Waals surface area contributed by atoms with E-state index in [1.165, 1.54) is 13.8 Å². The van der Waals surface area contributed by atoms with Gasteiger partial charge in [0.25, 0.3) is 0 Å².